The van der Waals surface area contributed by atoms with Crippen LogP contribution in [-0.4, -0.2) is 63.2 Å². The average Bonchev–Trinajstić information content (AvgIpc) is 3.82. The first kappa shape index (κ1) is 28.3. The second-order valence-corrected chi connectivity index (χ2v) is 11.5. The van der Waals surface area contributed by atoms with Crippen LogP contribution in [0.15, 0.2) is 66.9 Å². The summed E-state index contributed by atoms with van der Waals surface area (Å²) in [6.45, 7) is 1.46. The summed E-state index contributed by atoms with van der Waals surface area (Å²) in [6.07, 6.45) is 3.26. The fourth-order valence-electron chi connectivity index (χ4n) is 6.62. The maximum atomic E-state index is 11.4. The van der Waals surface area contributed by atoms with Crippen LogP contribution in [0.2, 0.25) is 0 Å². The molecule has 4 heterocycles. The minimum atomic E-state index is -0.896. The van der Waals surface area contributed by atoms with E-state index in [9.17, 15) is 15.2 Å². The Morgan fingerprint density at radius 3 is 2.60 bits per heavy atom. The van der Waals surface area contributed by atoms with Crippen molar-refractivity contribution in [2.45, 2.75) is 37.6 Å². The Labute approximate surface area is 260 Å². The average molecular weight is 601 g/mol. The fraction of sp³-hybridized carbons (Fsp3) is 0.286. The van der Waals surface area contributed by atoms with Gasteiger partial charge in [-0.25, -0.2) is 9.78 Å². The number of ether oxygens (including phenoxy) is 2. The van der Waals surface area contributed by atoms with E-state index in [0.29, 0.717) is 31.1 Å². The second-order valence-electron chi connectivity index (χ2n) is 11.5. The van der Waals surface area contributed by atoms with E-state index < -0.39 is 6.09 Å². The van der Waals surface area contributed by atoms with Crippen molar-refractivity contribution < 1.29 is 19.4 Å². The number of pyridine rings is 2. The molecule has 3 aromatic heterocycles. The molecule has 1 aliphatic heterocycles. The van der Waals surface area contributed by atoms with Crippen molar-refractivity contribution in [3.63, 3.8) is 0 Å². The molecule has 2 aliphatic rings. The molecule has 45 heavy (non-hydrogen) atoms. The first-order valence-electron chi connectivity index (χ1n) is 15.0. The van der Waals surface area contributed by atoms with E-state index in [2.05, 4.69) is 12.1 Å². The molecule has 5 aromatic rings. The maximum absolute atomic E-state index is 11.4. The molecule has 1 fully saturated rings. The molecule has 2 atom stereocenters. The van der Waals surface area contributed by atoms with Crippen LogP contribution in [0.1, 0.15) is 47.1 Å². The molecule has 2 aromatic carbocycles. The molecule has 0 bridgehead atoms. The lowest BCUT2D eigenvalue weighted by Gasteiger charge is -2.13. The van der Waals surface area contributed by atoms with Crippen molar-refractivity contribution in [1.82, 2.24) is 24.6 Å². The number of fused-ring (bicyclic) bond motifs is 2. The minimum Gasteiger partial charge on any atom is -0.497 e. The number of hydrogen-bond acceptors (Lipinski definition) is 7. The molecular weight excluding hydrogens is 568 g/mol. The van der Waals surface area contributed by atoms with Crippen LogP contribution in [0, 0.1) is 11.3 Å². The van der Waals surface area contributed by atoms with Gasteiger partial charge < -0.3 is 19.5 Å². The molecular formula is C35H32N6O4. The monoisotopic (exact) mass is 600 g/mol. The summed E-state index contributed by atoms with van der Waals surface area (Å²) < 4.78 is 13.2. The number of aromatic nitrogens is 4. The third kappa shape index (κ3) is 5.10. The molecule has 0 radical (unpaired) electrons. The highest BCUT2D eigenvalue weighted by atomic mass is 16.5. The summed E-state index contributed by atoms with van der Waals surface area (Å²) in [5, 5.41) is 24.2. The SMILES string of the molecule is COc1ccc(Cn2nc(-c3ccc(C4CCN(C(=O)O)C4)nc3)c3nc(-c4cccc5c4CCC5C#N)c(OC)cc32)cc1. The Morgan fingerprint density at radius 2 is 1.91 bits per heavy atom. The summed E-state index contributed by atoms with van der Waals surface area (Å²) in [5.41, 5.74) is 8.86. The lowest BCUT2D eigenvalue weighted by atomic mass is 9.97. The van der Waals surface area contributed by atoms with Gasteiger partial charge in [0.15, 0.2) is 0 Å². The van der Waals surface area contributed by atoms with Gasteiger partial charge in [0.1, 0.15) is 28.4 Å². The van der Waals surface area contributed by atoms with Gasteiger partial charge >= 0.3 is 6.09 Å². The van der Waals surface area contributed by atoms with Gasteiger partial charge in [-0.15, -0.1) is 0 Å². The topological polar surface area (TPSA) is 126 Å². The van der Waals surface area contributed by atoms with Crippen LogP contribution in [-0.2, 0) is 13.0 Å². The number of carboxylic acid groups (broad SMARTS) is 1. The number of rotatable bonds is 7. The number of hydrogen-bond donors (Lipinski definition) is 1. The van der Waals surface area contributed by atoms with E-state index in [4.69, 9.17) is 24.5 Å². The largest absolute Gasteiger partial charge is 0.497 e. The van der Waals surface area contributed by atoms with Gasteiger partial charge in [-0.3, -0.25) is 9.67 Å². The number of benzene rings is 2. The highest BCUT2D eigenvalue weighted by Crippen LogP contribution is 2.42. The first-order chi connectivity index (χ1) is 22.0. The highest BCUT2D eigenvalue weighted by Gasteiger charge is 2.29. The zero-order valence-electron chi connectivity index (χ0n) is 25.1. The Hall–Kier alpha value is -5.43. The van der Waals surface area contributed by atoms with E-state index in [0.717, 1.165) is 75.3 Å². The molecule has 226 valence electrons. The smallest absolute Gasteiger partial charge is 0.407 e. The summed E-state index contributed by atoms with van der Waals surface area (Å²) in [5.74, 6) is 1.36. The van der Waals surface area contributed by atoms with Gasteiger partial charge in [0.2, 0.25) is 0 Å². The molecule has 10 heteroatoms. The Kier molecular flexibility index (Phi) is 7.29. The number of methoxy groups -OCH3 is 2. The van der Waals surface area contributed by atoms with Gasteiger partial charge in [0.05, 0.1) is 38.3 Å². The number of nitriles is 1. The molecule has 1 aliphatic carbocycles. The Balaban J connectivity index is 1.34. The maximum Gasteiger partial charge on any atom is 0.407 e. The van der Waals surface area contributed by atoms with Crippen molar-refractivity contribution in [3.05, 3.63) is 89.2 Å². The molecule has 1 saturated heterocycles. The van der Waals surface area contributed by atoms with E-state index >= 15 is 0 Å². The normalized spacial score (nSPS) is 17.3. The van der Waals surface area contributed by atoms with Crippen molar-refractivity contribution in [2.75, 3.05) is 27.3 Å². The lowest BCUT2D eigenvalue weighted by molar-refractivity contribution is 0.155. The zero-order chi connectivity index (χ0) is 31.1. The lowest BCUT2D eigenvalue weighted by Crippen LogP contribution is -2.26. The summed E-state index contributed by atoms with van der Waals surface area (Å²) in [6, 6.07) is 22.4. The van der Waals surface area contributed by atoms with Gasteiger partial charge in [-0.2, -0.15) is 10.4 Å². The van der Waals surface area contributed by atoms with Crippen LogP contribution in [0.3, 0.4) is 0 Å². The number of amides is 1. The molecule has 7 rings (SSSR count). The number of carbonyl (C=O) groups is 1. The van der Waals surface area contributed by atoms with E-state index in [1.807, 2.05) is 65.5 Å². The third-order valence-corrected chi connectivity index (χ3v) is 9.02. The quantitative estimate of drug-likeness (QED) is 0.232. The summed E-state index contributed by atoms with van der Waals surface area (Å²) >= 11 is 0. The van der Waals surface area contributed by atoms with E-state index in [1.165, 1.54) is 4.90 Å². The van der Waals surface area contributed by atoms with Crippen LogP contribution in [0.25, 0.3) is 33.5 Å². The van der Waals surface area contributed by atoms with Crippen molar-refractivity contribution in [1.29, 1.82) is 5.26 Å². The number of likely N-dealkylation sites (tertiary alicyclic amines) is 1. The fourth-order valence-corrected chi connectivity index (χ4v) is 6.62. The molecule has 0 spiro atoms. The van der Waals surface area contributed by atoms with Crippen LogP contribution in [0.5, 0.6) is 11.5 Å². The standard InChI is InChI=1S/C35H32N6O4/c1-44-25-10-6-21(7-11-25)19-41-30-16-31(45-2)33(28-5-3-4-26-22(17-36)8-12-27(26)28)38-34(30)32(39-41)23-9-13-29(37-18-23)24-14-15-40(20-24)35(42)43/h3-7,9-11,13,16,18,22,24H,8,12,14-15,19-20H2,1-2H3,(H,42,43). The Bertz CT molecular complexity index is 1940. The van der Waals surface area contributed by atoms with Crippen LogP contribution in [0.4, 0.5) is 4.79 Å². The molecule has 1 amide bonds. The molecule has 2 unspecified atom stereocenters. The van der Waals surface area contributed by atoms with Gasteiger partial charge in [0, 0.05) is 48.1 Å². The minimum absolute atomic E-state index is 0.0610. The van der Waals surface area contributed by atoms with Gasteiger partial charge in [-0.1, -0.05) is 30.3 Å². The first-order valence-corrected chi connectivity index (χ1v) is 15.0. The predicted molar refractivity (Wildman–Crippen MR) is 168 cm³/mol. The zero-order valence-corrected chi connectivity index (χ0v) is 25.1. The van der Waals surface area contributed by atoms with Gasteiger partial charge in [0.25, 0.3) is 0 Å². The molecule has 1 N–H and O–H groups in total. The highest BCUT2D eigenvalue weighted by molar-refractivity contribution is 5.93. The second kappa shape index (κ2) is 11.6. The van der Waals surface area contributed by atoms with E-state index in [-0.39, 0.29) is 11.8 Å². The molecule has 0 saturated carbocycles. The summed E-state index contributed by atoms with van der Waals surface area (Å²) in [7, 11) is 3.30. The number of nitrogens with zero attached hydrogens (tertiary/aromatic N) is 6. The predicted octanol–water partition coefficient (Wildman–Crippen LogP) is 6.25. The van der Waals surface area contributed by atoms with Crippen LogP contribution >= 0.6 is 0 Å². The van der Waals surface area contributed by atoms with Crippen molar-refractivity contribution >= 4 is 17.1 Å². The van der Waals surface area contributed by atoms with Crippen molar-refractivity contribution in [2.24, 2.45) is 0 Å². The van der Waals surface area contributed by atoms with Crippen LogP contribution < -0.4 is 9.47 Å². The van der Waals surface area contributed by atoms with E-state index in [1.54, 1.807) is 14.2 Å². The molecule has 10 nitrogen and oxygen atoms in total. The summed E-state index contributed by atoms with van der Waals surface area (Å²) in [4.78, 5) is 22.9. The van der Waals surface area contributed by atoms with Crippen molar-refractivity contribution in [3.8, 4) is 40.1 Å². The Morgan fingerprint density at radius 1 is 1.07 bits per heavy atom. The third-order valence-electron chi connectivity index (χ3n) is 9.02. The van der Waals surface area contributed by atoms with Gasteiger partial charge in [-0.05, 0) is 60.2 Å².